The number of hydrogen-bond acceptors (Lipinski definition) is 7. The molecule has 0 radical (unpaired) electrons. The largest absolute Gasteiger partial charge is 0.492 e. The first-order valence-corrected chi connectivity index (χ1v) is 8.40. The van der Waals surface area contributed by atoms with Crippen LogP contribution in [0.2, 0.25) is 0 Å². The van der Waals surface area contributed by atoms with Crippen LogP contribution in [0, 0.1) is 0 Å². The highest BCUT2D eigenvalue weighted by Gasteiger charge is 2.51. The van der Waals surface area contributed by atoms with Gasteiger partial charge in [0.1, 0.15) is 17.8 Å². The topological polar surface area (TPSA) is 77.5 Å². The van der Waals surface area contributed by atoms with Gasteiger partial charge in [-0.25, -0.2) is 4.79 Å². The molecule has 5 rings (SSSR count). The minimum Gasteiger partial charge on any atom is -0.492 e. The molecule has 0 amide bonds. The Bertz CT molecular complexity index is 803. The summed E-state index contributed by atoms with van der Waals surface area (Å²) in [6.07, 6.45) is 1.33. The van der Waals surface area contributed by atoms with E-state index >= 15 is 0 Å². The molecule has 3 heterocycles. The lowest BCUT2D eigenvalue weighted by Gasteiger charge is -2.43. The van der Waals surface area contributed by atoms with Crippen LogP contribution in [-0.4, -0.2) is 61.7 Å². The van der Waals surface area contributed by atoms with Gasteiger partial charge in [-0.2, -0.15) is 0 Å². The van der Waals surface area contributed by atoms with Gasteiger partial charge in [-0.15, -0.1) is 0 Å². The maximum atomic E-state index is 12.7. The number of nitrogens with zero attached hydrogens (tertiary/aromatic N) is 1. The van der Waals surface area contributed by atoms with E-state index < -0.39 is 18.2 Å². The van der Waals surface area contributed by atoms with E-state index in [-0.39, 0.29) is 18.8 Å². The summed E-state index contributed by atoms with van der Waals surface area (Å²) in [4.78, 5) is 14.9. The highest BCUT2D eigenvalue weighted by atomic mass is 16.7. The van der Waals surface area contributed by atoms with E-state index in [0.717, 1.165) is 18.5 Å². The molecule has 1 aromatic carbocycles. The van der Waals surface area contributed by atoms with Gasteiger partial charge in [0.15, 0.2) is 11.5 Å². The van der Waals surface area contributed by atoms with Crippen molar-refractivity contribution in [2.24, 2.45) is 0 Å². The predicted molar refractivity (Wildman–Crippen MR) is 86.2 cm³/mol. The maximum Gasteiger partial charge on any atom is 0.342 e. The Balaban J connectivity index is 1.75. The number of likely N-dealkylation sites (N-methyl/N-ethyl adjacent to an activating group) is 1. The fourth-order valence-corrected chi connectivity index (χ4v) is 4.64. The zero-order valence-corrected chi connectivity index (χ0v) is 14.0. The molecular formula is C18H19NO6. The second-order valence-corrected chi connectivity index (χ2v) is 6.91. The third kappa shape index (κ3) is 1.90. The molecule has 0 saturated carbocycles. The Kier molecular flexibility index (Phi) is 3.08. The lowest BCUT2D eigenvalue weighted by Crippen LogP contribution is -2.50. The molecule has 1 fully saturated rings. The van der Waals surface area contributed by atoms with E-state index in [1.807, 2.05) is 12.1 Å². The molecule has 3 aliphatic heterocycles. The summed E-state index contributed by atoms with van der Waals surface area (Å²) in [6, 6.07) is 1.94. The first-order chi connectivity index (χ1) is 12.1. The molecule has 25 heavy (non-hydrogen) atoms. The fraction of sp³-hybridized carbons (Fsp3) is 0.500. The highest BCUT2D eigenvalue weighted by molar-refractivity contribution is 5.98. The quantitative estimate of drug-likeness (QED) is 0.602. The number of carbonyl (C=O) groups excluding carboxylic acids is 1. The summed E-state index contributed by atoms with van der Waals surface area (Å²) in [5.41, 5.74) is 2.37. The minimum absolute atomic E-state index is 0.0883. The van der Waals surface area contributed by atoms with Crippen molar-refractivity contribution in [3.63, 3.8) is 0 Å². The SMILES string of the molecule is COc1c2c(cc3c1C(=O)O[C@@H]1C(O)C=C4CCN(C)[C@H]4[C@H]31)OCO2. The summed E-state index contributed by atoms with van der Waals surface area (Å²) in [6.45, 7) is 1.01. The molecule has 1 N–H and O–H groups in total. The summed E-state index contributed by atoms with van der Waals surface area (Å²) in [5.74, 6) is 0.681. The van der Waals surface area contributed by atoms with Gasteiger partial charge in [0, 0.05) is 18.5 Å². The smallest absolute Gasteiger partial charge is 0.342 e. The zero-order valence-electron chi connectivity index (χ0n) is 14.0. The van der Waals surface area contributed by atoms with Crippen LogP contribution < -0.4 is 14.2 Å². The number of esters is 1. The molecule has 1 aliphatic carbocycles. The molecule has 1 aromatic rings. The van der Waals surface area contributed by atoms with Crippen molar-refractivity contribution in [1.82, 2.24) is 4.90 Å². The lowest BCUT2D eigenvalue weighted by atomic mass is 9.73. The van der Waals surface area contributed by atoms with Gasteiger partial charge < -0.3 is 24.1 Å². The summed E-state index contributed by atoms with van der Waals surface area (Å²) in [7, 11) is 3.56. The molecule has 0 bridgehead atoms. The highest BCUT2D eigenvalue weighted by Crippen LogP contribution is 2.53. The van der Waals surface area contributed by atoms with Gasteiger partial charge in [-0.05, 0) is 25.1 Å². The maximum absolute atomic E-state index is 12.7. The summed E-state index contributed by atoms with van der Waals surface area (Å²) in [5, 5.41) is 10.5. The average Bonchev–Trinajstić information content (AvgIpc) is 3.20. The van der Waals surface area contributed by atoms with Crippen molar-refractivity contribution < 1.29 is 28.8 Å². The van der Waals surface area contributed by atoms with Crippen molar-refractivity contribution >= 4 is 5.97 Å². The van der Waals surface area contributed by atoms with E-state index in [4.69, 9.17) is 18.9 Å². The second kappa shape index (κ2) is 5.12. The number of hydrogen-bond donors (Lipinski definition) is 1. The standard InChI is InChI=1S/C18H19NO6/c1-19-4-3-8-5-10(20)15-12(14(8)19)9-6-11-16(24-7-23-11)17(22-2)13(9)18(21)25-15/h5-6,10,12,14-15,20H,3-4,7H2,1-2H3/t10?,12-,14+,15+/m0/s1. The lowest BCUT2D eigenvalue weighted by molar-refractivity contribution is -0.0340. The van der Waals surface area contributed by atoms with Crippen molar-refractivity contribution in [2.75, 3.05) is 27.5 Å². The van der Waals surface area contributed by atoms with Gasteiger partial charge >= 0.3 is 5.97 Å². The Labute approximate surface area is 144 Å². The molecule has 0 spiro atoms. The van der Waals surface area contributed by atoms with Crippen LogP contribution in [0.25, 0.3) is 0 Å². The average molecular weight is 345 g/mol. The predicted octanol–water partition coefficient (Wildman–Crippen LogP) is 1.05. The molecule has 132 valence electrons. The van der Waals surface area contributed by atoms with E-state index in [0.29, 0.717) is 22.8 Å². The molecule has 7 nitrogen and oxygen atoms in total. The number of benzene rings is 1. The van der Waals surface area contributed by atoms with Crippen LogP contribution in [0.1, 0.15) is 28.3 Å². The number of fused-ring (bicyclic) bond motifs is 6. The van der Waals surface area contributed by atoms with Crippen molar-refractivity contribution in [3.05, 3.63) is 28.8 Å². The fourth-order valence-electron chi connectivity index (χ4n) is 4.64. The number of methoxy groups -OCH3 is 1. The monoisotopic (exact) mass is 345 g/mol. The Morgan fingerprint density at radius 3 is 3.00 bits per heavy atom. The Morgan fingerprint density at radius 1 is 1.36 bits per heavy atom. The van der Waals surface area contributed by atoms with Crippen molar-refractivity contribution in [2.45, 2.75) is 30.6 Å². The third-order valence-corrected chi connectivity index (χ3v) is 5.68. The molecule has 0 aromatic heterocycles. The van der Waals surface area contributed by atoms with E-state index in [1.165, 1.54) is 12.7 Å². The first-order valence-electron chi connectivity index (χ1n) is 8.40. The molecule has 1 unspecified atom stereocenters. The number of carbonyl (C=O) groups is 1. The van der Waals surface area contributed by atoms with Gasteiger partial charge in [0.25, 0.3) is 0 Å². The number of rotatable bonds is 1. The number of ether oxygens (including phenoxy) is 4. The second-order valence-electron chi connectivity index (χ2n) is 6.91. The molecule has 4 aliphatic rings. The first kappa shape index (κ1) is 15.0. The zero-order chi connectivity index (χ0) is 17.3. The molecule has 4 atom stereocenters. The van der Waals surface area contributed by atoms with Gasteiger partial charge in [-0.3, -0.25) is 4.90 Å². The van der Waals surface area contributed by atoms with Crippen molar-refractivity contribution in [3.8, 4) is 17.2 Å². The third-order valence-electron chi connectivity index (χ3n) is 5.68. The molecular weight excluding hydrogens is 326 g/mol. The summed E-state index contributed by atoms with van der Waals surface area (Å²) < 4.78 is 22.1. The van der Waals surface area contributed by atoms with Gasteiger partial charge in [-0.1, -0.05) is 11.6 Å². The van der Waals surface area contributed by atoms with E-state index in [2.05, 4.69) is 11.9 Å². The number of likely N-dealkylation sites (tertiary alicyclic amines) is 1. The molecule has 1 saturated heterocycles. The van der Waals surface area contributed by atoms with Crippen LogP contribution >= 0.6 is 0 Å². The van der Waals surface area contributed by atoms with Crippen LogP contribution in [0.4, 0.5) is 0 Å². The van der Waals surface area contributed by atoms with Crippen molar-refractivity contribution in [1.29, 1.82) is 0 Å². The normalized spacial score (nSPS) is 32.4. The summed E-state index contributed by atoms with van der Waals surface area (Å²) >= 11 is 0. The van der Waals surface area contributed by atoms with Gasteiger partial charge in [0.05, 0.1) is 7.11 Å². The number of aliphatic hydroxyl groups is 1. The minimum atomic E-state index is -0.809. The van der Waals surface area contributed by atoms with Crippen LogP contribution in [0.3, 0.4) is 0 Å². The van der Waals surface area contributed by atoms with E-state index in [9.17, 15) is 9.90 Å². The van der Waals surface area contributed by atoms with Crippen LogP contribution in [0.5, 0.6) is 17.2 Å². The van der Waals surface area contributed by atoms with E-state index in [1.54, 1.807) is 0 Å². The van der Waals surface area contributed by atoms with Crippen LogP contribution in [-0.2, 0) is 4.74 Å². The Morgan fingerprint density at radius 2 is 2.20 bits per heavy atom. The number of aliphatic hydroxyl groups excluding tert-OH is 1. The molecule has 7 heteroatoms. The van der Waals surface area contributed by atoms with Crippen LogP contribution in [0.15, 0.2) is 17.7 Å². The Hall–Kier alpha value is -2.25. The van der Waals surface area contributed by atoms with Gasteiger partial charge in [0.2, 0.25) is 12.5 Å².